The summed E-state index contributed by atoms with van der Waals surface area (Å²) in [7, 11) is 3.22. The Morgan fingerprint density at radius 3 is 2.58 bits per heavy atom. The van der Waals surface area contributed by atoms with E-state index in [0.29, 0.717) is 21.4 Å². The zero-order valence-corrected chi connectivity index (χ0v) is 15.8. The van der Waals surface area contributed by atoms with Crippen LogP contribution >= 0.6 is 22.9 Å². The molecule has 2 aromatic carbocycles. The van der Waals surface area contributed by atoms with E-state index >= 15 is 0 Å². The third kappa shape index (κ3) is 3.88. The van der Waals surface area contributed by atoms with Crippen molar-refractivity contribution in [3.63, 3.8) is 0 Å². The third-order valence-corrected chi connectivity index (χ3v) is 4.83. The van der Waals surface area contributed by atoms with Crippen LogP contribution in [0.1, 0.15) is 10.6 Å². The van der Waals surface area contributed by atoms with Gasteiger partial charge in [-0.15, -0.1) is 11.3 Å². The van der Waals surface area contributed by atoms with E-state index in [9.17, 15) is 5.26 Å². The van der Waals surface area contributed by atoms with Gasteiger partial charge in [0.2, 0.25) is 0 Å². The molecule has 0 radical (unpaired) electrons. The molecule has 130 valence electrons. The zero-order valence-electron chi connectivity index (χ0n) is 14.2. The molecule has 0 aliphatic heterocycles. The SMILES string of the molecule is COc1ccc(/C=C(\C#N)c2nc(-c3cc(Cl)ccc3OC)cs2)cc1. The van der Waals surface area contributed by atoms with Gasteiger partial charge in [-0.25, -0.2) is 4.98 Å². The minimum atomic E-state index is 0.493. The lowest BCUT2D eigenvalue weighted by Crippen LogP contribution is -1.89. The molecule has 1 aromatic heterocycles. The number of allylic oxidation sites excluding steroid dienone is 1. The van der Waals surface area contributed by atoms with E-state index < -0.39 is 0 Å². The van der Waals surface area contributed by atoms with Crippen molar-refractivity contribution in [2.45, 2.75) is 0 Å². The molecule has 0 aliphatic carbocycles. The Labute approximate surface area is 160 Å². The number of hydrogen-bond donors (Lipinski definition) is 0. The van der Waals surface area contributed by atoms with Crippen LogP contribution in [-0.4, -0.2) is 19.2 Å². The van der Waals surface area contributed by atoms with Gasteiger partial charge in [0.05, 0.1) is 25.5 Å². The van der Waals surface area contributed by atoms with Gasteiger partial charge in [0.25, 0.3) is 0 Å². The van der Waals surface area contributed by atoms with Crippen LogP contribution in [0.3, 0.4) is 0 Å². The van der Waals surface area contributed by atoms with Gasteiger partial charge in [0.15, 0.2) is 0 Å². The highest BCUT2D eigenvalue weighted by Crippen LogP contribution is 2.34. The predicted molar refractivity (Wildman–Crippen MR) is 106 cm³/mol. The summed E-state index contributed by atoms with van der Waals surface area (Å²) in [6.45, 7) is 0. The molecule has 4 nitrogen and oxygen atoms in total. The first kappa shape index (κ1) is 18.0. The van der Waals surface area contributed by atoms with Gasteiger partial charge in [0.1, 0.15) is 22.6 Å². The van der Waals surface area contributed by atoms with Crippen molar-refractivity contribution in [1.82, 2.24) is 4.98 Å². The van der Waals surface area contributed by atoms with Crippen LogP contribution in [0.15, 0.2) is 47.8 Å². The Bertz CT molecular complexity index is 988. The van der Waals surface area contributed by atoms with Crippen molar-refractivity contribution in [3.8, 4) is 28.8 Å². The van der Waals surface area contributed by atoms with E-state index in [1.807, 2.05) is 29.6 Å². The van der Waals surface area contributed by atoms with E-state index in [-0.39, 0.29) is 0 Å². The number of halogens is 1. The topological polar surface area (TPSA) is 55.1 Å². The van der Waals surface area contributed by atoms with Crippen LogP contribution < -0.4 is 9.47 Å². The lowest BCUT2D eigenvalue weighted by molar-refractivity contribution is 0.415. The zero-order chi connectivity index (χ0) is 18.5. The fourth-order valence-electron chi connectivity index (χ4n) is 2.41. The van der Waals surface area contributed by atoms with E-state index in [1.54, 1.807) is 38.5 Å². The number of methoxy groups -OCH3 is 2. The Morgan fingerprint density at radius 1 is 1.15 bits per heavy atom. The summed E-state index contributed by atoms with van der Waals surface area (Å²) in [5.74, 6) is 1.45. The van der Waals surface area contributed by atoms with Crippen LogP contribution in [-0.2, 0) is 0 Å². The summed E-state index contributed by atoms with van der Waals surface area (Å²) in [4.78, 5) is 4.60. The van der Waals surface area contributed by atoms with E-state index in [2.05, 4.69) is 11.1 Å². The Morgan fingerprint density at radius 2 is 1.92 bits per heavy atom. The lowest BCUT2D eigenvalue weighted by Gasteiger charge is -2.06. The number of hydrogen-bond acceptors (Lipinski definition) is 5. The molecule has 3 rings (SSSR count). The van der Waals surface area contributed by atoms with Crippen molar-refractivity contribution in [2.24, 2.45) is 0 Å². The van der Waals surface area contributed by atoms with Gasteiger partial charge in [0, 0.05) is 16.0 Å². The highest BCUT2D eigenvalue weighted by atomic mass is 35.5. The molecule has 0 spiro atoms. The normalized spacial score (nSPS) is 11.1. The number of benzene rings is 2. The van der Waals surface area contributed by atoms with Crippen LogP contribution in [0.2, 0.25) is 5.02 Å². The number of nitrogens with zero attached hydrogens (tertiary/aromatic N) is 2. The molecule has 0 unspecified atom stereocenters. The number of nitriles is 1. The smallest absolute Gasteiger partial charge is 0.134 e. The number of rotatable bonds is 5. The fraction of sp³-hybridized carbons (Fsp3) is 0.100. The monoisotopic (exact) mass is 382 g/mol. The average Bonchev–Trinajstić information content (AvgIpc) is 3.16. The van der Waals surface area contributed by atoms with E-state index in [4.69, 9.17) is 21.1 Å². The maximum atomic E-state index is 9.54. The van der Waals surface area contributed by atoms with Crippen LogP contribution in [0.5, 0.6) is 11.5 Å². The molecule has 1 heterocycles. The first-order valence-electron chi connectivity index (χ1n) is 7.70. The molecule has 3 aromatic rings. The molecular formula is C20H15ClN2O2S. The quantitative estimate of drug-likeness (QED) is 0.543. The second-order valence-corrected chi connectivity index (χ2v) is 6.62. The molecule has 0 amide bonds. The highest BCUT2D eigenvalue weighted by molar-refractivity contribution is 7.11. The summed E-state index contributed by atoms with van der Waals surface area (Å²) in [6, 6.07) is 15.1. The fourth-order valence-corrected chi connectivity index (χ4v) is 3.37. The minimum absolute atomic E-state index is 0.493. The Kier molecular flexibility index (Phi) is 5.57. The van der Waals surface area contributed by atoms with Crippen molar-refractivity contribution in [1.29, 1.82) is 5.26 Å². The number of aromatic nitrogens is 1. The summed E-state index contributed by atoms with van der Waals surface area (Å²) < 4.78 is 10.5. The predicted octanol–water partition coefficient (Wildman–Crippen LogP) is 5.54. The summed E-state index contributed by atoms with van der Waals surface area (Å²) in [5, 5.41) is 12.7. The average molecular weight is 383 g/mol. The van der Waals surface area contributed by atoms with E-state index in [0.717, 1.165) is 22.6 Å². The van der Waals surface area contributed by atoms with Crippen molar-refractivity contribution >= 4 is 34.6 Å². The minimum Gasteiger partial charge on any atom is -0.497 e. The van der Waals surface area contributed by atoms with Gasteiger partial charge in [-0.3, -0.25) is 0 Å². The molecule has 0 bridgehead atoms. The van der Waals surface area contributed by atoms with Gasteiger partial charge >= 0.3 is 0 Å². The lowest BCUT2D eigenvalue weighted by atomic mass is 10.1. The van der Waals surface area contributed by atoms with Gasteiger partial charge in [-0.05, 0) is 42.0 Å². The Balaban J connectivity index is 1.96. The molecule has 0 saturated carbocycles. The molecule has 0 fully saturated rings. The first-order valence-corrected chi connectivity index (χ1v) is 8.96. The van der Waals surface area contributed by atoms with Crippen LogP contribution in [0.4, 0.5) is 0 Å². The van der Waals surface area contributed by atoms with Crippen LogP contribution in [0.25, 0.3) is 22.9 Å². The highest BCUT2D eigenvalue weighted by Gasteiger charge is 2.13. The molecule has 0 aliphatic rings. The maximum Gasteiger partial charge on any atom is 0.134 e. The Hall–Kier alpha value is -2.81. The van der Waals surface area contributed by atoms with Crippen LogP contribution in [0, 0.1) is 11.3 Å². The second-order valence-electron chi connectivity index (χ2n) is 5.33. The second kappa shape index (κ2) is 8.05. The largest absolute Gasteiger partial charge is 0.497 e. The maximum absolute atomic E-state index is 9.54. The molecule has 0 atom stereocenters. The standard InChI is InChI=1S/C20H15ClN2O2S/c1-24-16-6-3-13(4-7-16)9-14(11-22)20-23-18(12-26-20)17-10-15(21)5-8-19(17)25-2/h3-10,12H,1-2H3/b14-9+. The number of ether oxygens (including phenoxy) is 2. The summed E-state index contributed by atoms with van der Waals surface area (Å²) in [5.41, 5.74) is 2.91. The van der Waals surface area contributed by atoms with Gasteiger partial charge in [-0.1, -0.05) is 23.7 Å². The summed E-state index contributed by atoms with van der Waals surface area (Å²) >= 11 is 7.50. The van der Waals surface area contributed by atoms with Crippen molar-refractivity contribution < 1.29 is 9.47 Å². The molecule has 6 heteroatoms. The molecule has 0 N–H and O–H groups in total. The summed E-state index contributed by atoms with van der Waals surface area (Å²) in [6.07, 6.45) is 1.80. The van der Waals surface area contributed by atoms with Gasteiger partial charge in [-0.2, -0.15) is 5.26 Å². The van der Waals surface area contributed by atoms with Crippen molar-refractivity contribution in [2.75, 3.05) is 14.2 Å². The first-order chi connectivity index (χ1) is 12.6. The molecule has 0 saturated heterocycles. The van der Waals surface area contributed by atoms with Gasteiger partial charge < -0.3 is 9.47 Å². The van der Waals surface area contributed by atoms with E-state index in [1.165, 1.54) is 11.3 Å². The molecular weight excluding hydrogens is 368 g/mol. The number of thiazole rings is 1. The molecule has 26 heavy (non-hydrogen) atoms. The third-order valence-electron chi connectivity index (χ3n) is 3.72. The van der Waals surface area contributed by atoms with Crippen molar-refractivity contribution in [3.05, 3.63) is 63.4 Å².